The maximum Gasteiger partial charge on any atom is 0.142 e. The zero-order valence-electron chi connectivity index (χ0n) is 15.8. The molecule has 0 atom stereocenters. The number of anilines is 1. The lowest BCUT2D eigenvalue weighted by Crippen LogP contribution is -2.31. The van der Waals surface area contributed by atoms with E-state index in [0.29, 0.717) is 0 Å². The van der Waals surface area contributed by atoms with Crippen LogP contribution in [0.1, 0.15) is 30.5 Å². The van der Waals surface area contributed by atoms with Crippen LogP contribution in [0.25, 0.3) is 10.7 Å². The molecule has 27 heavy (non-hydrogen) atoms. The van der Waals surface area contributed by atoms with E-state index in [1.165, 1.54) is 43.6 Å². The first kappa shape index (κ1) is 18.1. The number of nitrogens with zero attached hydrogens (tertiary/aromatic N) is 4. The second-order valence-corrected chi connectivity index (χ2v) is 8.07. The van der Waals surface area contributed by atoms with Gasteiger partial charge in [-0.15, -0.1) is 11.3 Å². The van der Waals surface area contributed by atoms with Gasteiger partial charge in [0.1, 0.15) is 5.01 Å². The molecule has 0 unspecified atom stereocenters. The summed E-state index contributed by atoms with van der Waals surface area (Å²) < 4.78 is 0. The summed E-state index contributed by atoms with van der Waals surface area (Å²) in [6.45, 7) is 4.14. The van der Waals surface area contributed by atoms with Gasteiger partial charge in [0.15, 0.2) is 0 Å². The Hall–Kier alpha value is -2.24. The van der Waals surface area contributed by atoms with Crippen molar-refractivity contribution in [3.63, 3.8) is 0 Å². The van der Waals surface area contributed by atoms with E-state index >= 15 is 0 Å². The highest BCUT2D eigenvalue weighted by Gasteiger charge is 2.15. The third-order valence-electron chi connectivity index (χ3n) is 5.00. The van der Waals surface area contributed by atoms with Crippen LogP contribution in [0.4, 0.5) is 5.69 Å². The molecule has 3 heterocycles. The first-order chi connectivity index (χ1) is 13.3. The monoisotopic (exact) mass is 378 g/mol. The first-order valence-electron chi connectivity index (χ1n) is 9.67. The van der Waals surface area contributed by atoms with E-state index in [9.17, 15) is 0 Å². The van der Waals surface area contributed by atoms with E-state index in [2.05, 4.69) is 51.5 Å². The topological polar surface area (TPSA) is 32.3 Å². The number of hydrogen-bond acceptors (Lipinski definition) is 5. The van der Waals surface area contributed by atoms with Gasteiger partial charge in [-0.05, 0) is 50.1 Å². The minimum absolute atomic E-state index is 0.845. The summed E-state index contributed by atoms with van der Waals surface area (Å²) in [6, 6.07) is 14.8. The Balaban J connectivity index is 1.43. The summed E-state index contributed by atoms with van der Waals surface area (Å²) in [7, 11) is 2.17. The second-order valence-electron chi connectivity index (χ2n) is 7.21. The van der Waals surface area contributed by atoms with Crippen LogP contribution in [0.15, 0.2) is 54.0 Å². The van der Waals surface area contributed by atoms with Crippen LogP contribution in [0.5, 0.6) is 0 Å². The summed E-state index contributed by atoms with van der Waals surface area (Å²) in [5, 5.41) is 3.14. The fourth-order valence-corrected chi connectivity index (χ4v) is 4.48. The predicted molar refractivity (Wildman–Crippen MR) is 113 cm³/mol. The standard InChI is InChI=1S/C22H26N4S/c1-25(16-19-17-27-22(24-19)20-10-5-6-12-23-20)15-18-9-3-4-11-21(18)26-13-7-2-8-14-26/h3-6,9-12,17H,2,7-8,13-16H2,1H3. The molecule has 0 radical (unpaired) electrons. The number of benzene rings is 1. The van der Waals surface area contributed by atoms with E-state index in [1.54, 1.807) is 11.3 Å². The van der Waals surface area contributed by atoms with Gasteiger partial charge >= 0.3 is 0 Å². The number of pyridine rings is 1. The molecule has 0 aliphatic carbocycles. The van der Waals surface area contributed by atoms with E-state index in [-0.39, 0.29) is 0 Å². The molecule has 0 bridgehead atoms. The van der Waals surface area contributed by atoms with Gasteiger partial charge in [-0.1, -0.05) is 24.3 Å². The molecule has 4 rings (SSSR count). The molecule has 1 aliphatic heterocycles. The van der Waals surface area contributed by atoms with Crippen LogP contribution >= 0.6 is 11.3 Å². The Morgan fingerprint density at radius 3 is 2.63 bits per heavy atom. The van der Waals surface area contributed by atoms with Crippen molar-refractivity contribution >= 4 is 17.0 Å². The minimum atomic E-state index is 0.845. The van der Waals surface area contributed by atoms with E-state index in [0.717, 1.165) is 29.5 Å². The molecule has 3 aromatic rings. The fourth-order valence-electron chi connectivity index (χ4n) is 3.70. The smallest absolute Gasteiger partial charge is 0.142 e. The lowest BCUT2D eigenvalue weighted by Gasteiger charge is -2.31. The van der Waals surface area contributed by atoms with E-state index in [4.69, 9.17) is 4.98 Å². The zero-order chi connectivity index (χ0) is 18.5. The highest BCUT2D eigenvalue weighted by molar-refractivity contribution is 7.13. The lowest BCUT2D eigenvalue weighted by atomic mass is 10.1. The molecule has 0 spiro atoms. The molecular weight excluding hydrogens is 352 g/mol. The Morgan fingerprint density at radius 1 is 1.00 bits per heavy atom. The first-order valence-corrected chi connectivity index (χ1v) is 10.5. The SMILES string of the molecule is CN(Cc1csc(-c2ccccn2)n1)Cc1ccccc1N1CCCCC1. The van der Waals surface area contributed by atoms with Gasteiger partial charge in [-0.2, -0.15) is 0 Å². The molecule has 4 nitrogen and oxygen atoms in total. The number of aromatic nitrogens is 2. The lowest BCUT2D eigenvalue weighted by molar-refractivity contribution is 0.316. The van der Waals surface area contributed by atoms with Gasteiger partial charge in [-0.25, -0.2) is 4.98 Å². The Labute approximate surface area is 165 Å². The molecule has 1 aliphatic rings. The summed E-state index contributed by atoms with van der Waals surface area (Å²) in [4.78, 5) is 14.1. The molecule has 140 valence electrons. The third-order valence-corrected chi connectivity index (χ3v) is 5.91. The van der Waals surface area contributed by atoms with Crippen LogP contribution in [0.3, 0.4) is 0 Å². The number of rotatable bonds is 6. The van der Waals surface area contributed by atoms with Crippen molar-refractivity contribution in [2.45, 2.75) is 32.4 Å². The number of hydrogen-bond donors (Lipinski definition) is 0. The normalized spacial score (nSPS) is 14.7. The molecule has 1 saturated heterocycles. The van der Waals surface area contributed by atoms with Gasteiger partial charge in [-0.3, -0.25) is 9.88 Å². The summed E-state index contributed by atoms with van der Waals surface area (Å²) in [5.74, 6) is 0. The highest BCUT2D eigenvalue weighted by atomic mass is 32.1. The summed E-state index contributed by atoms with van der Waals surface area (Å²) in [5.41, 5.74) is 4.86. The minimum Gasteiger partial charge on any atom is -0.371 e. The van der Waals surface area contributed by atoms with Crippen molar-refractivity contribution in [3.8, 4) is 10.7 Å². The molecule has 0 N–H and O–H groups in total. The van der Waals surface area contributed by atoms with Gasteiger partial charge in [0.25, 0.3) is 0 Å². The zero-order valence-corrected chi connectivity index (χ0v) is 16.7. The molecule has 0 saturated carbocycles. The molecule has 0 amide bonds. The Morgan fingerprint density at radius 2 is 1.81 bits per heavy atom. The average molecular weight is 379 g/mol. The second kappa shape index (κ2) is 8.63. The van der Waals surface area contributed by atoms with Crippen molar-refractivity contribution in [1.29, 1.82) is 0 Å². The van der Waals surface area contributed by atoms with Crippen molar-refractivity contribution in [2.75, 3.05) is 25.0 Å². The van der Waals surface area contributed by atoms with Crippen LogP contribution in [-0.2, 0) is 13.1 Å². The molecular formula is C22H26N4S. The van der Waals surface area contributed by atoms with Crippen molar-refractivity contribution < 1.29 is 0 Å². The van der Waals surface area contributed by atoms with Crippen LogP contribution in [0.2, 0.25) is 0 Å². The largest absolute Gasteiger partial charge is 0.371 e. The van der Waals surface area contributed by atoms with Crippen molar-refractivity contribution in [3.05, 3.63) is 65.3 Å². The van der Waals surface area contributed by atoms with Gasteiger partial charge in [0.05, 0.1) is 11.4 Å². The molecule has 1 aromatic carbocycles. The van der Waals surface area contributed by atoms with Crippen molar-refractivity contribution in [1.82, 2.24) is 14.9 Å². The number of thiazole rings is 1. The third kappa shape index (κ3) is 4.54. The summed E-state index contributed by atoms with van der Waals surface area (Å²) in [6.07, 6.45) is 5.79. The molecule has 5 heteroatoms. The maximum atomic E-state index is 4.78. The van der Waals surface area contributed by atoms with Gasteiger partial charge in [0.2, 0.25) is 0 Å². The molecule has 2 aromatic heterocycles. The average Bonchev–Trinajstić information content (AvgIpc) is 3.18. The van der Waals surface area contributed by atoms with E-state index < -0.39 is 0 Å². The quantitative estimate of drug-likeness (QED) is 0.615. The van der Waals surface area contributed by atoms with Crippen LogP contribution in [-0.4, -0.2) is 35.0 Å². The van der Waals surface area contributed by atoms with Crippen LogP contribution < -0.4 is 4.90 Å². The molecule has 1 fully saturated rings. The summed E-state index contributed by atoms with van der Waals surface area (Å²) >= 11 is 1.67. The van der Waals surface area contributed by atoms with Gasteiger partial charge in [0, 0.05) is 43.4 Å². The Kier molecular flexibility index (Phi) is 5.80. The number of piperidine rings is 1. The Bertz CT molecular complexity index is 856. The predicted octanol–water partition coefficient (Wildman–Crippen LogP) is 4.83. The maximum absolute atomic E-state index is 4.78. The van der Waals surface area contributed by atoms with Crippen molar-refractivity contribution in [2.24, 2.45) is 0 Å². The van der Waals surface area contributed by atoms with Crippen LogP contribution in [0, 0.1) is 0 Å². The fraction of sp³-hybridized carbons (Fsp3) is 0.364. The van der Waals surface area contributed by atoms with Gasteiger partial charge < -0.3 is 4.90 Å². The number of para-hydroxylation sites is 1. The van der Waals surface area contributed by atoms with E-state index in [1.807, 2.05) is 24.4 Å². The highest BCUT2D eigenvalue weighted by Crippen LogP contribution is 2.26.